The minimum atomic E-state index is -0.857. The van der Waals surface area contributed by atoms with E-state index in [0.717, 1.165) is 5.56 Å². The van der Waals surface area contributed by atoms with Gasteiger partial charge in [0.2, 0.25) is 0 Å². The molecule has 0 heterocycles. The Balaban J connectivity index is 3.19. The molecule has 6 heteroatoms. The normalized spacial score (nSPS) is 13.2. The summed E-state index contributed by atoms with van der Waals surface area (Å²) < 4.78 is 5.78. The standard InChI is InChI=1S/C12H15Br2NO3/c1-12(2,11(17)18-3)10(15)6-4-7(13)9(16)8(14)5-6/h4-5,10,16H,15H2,1-3H3/t10-/m1/s1. The number of nitrogens with two attached hydrogens (primary N) is 1. The number of benzene rings is 1. The Morgan fingerprint density at radius 3 is 2.22 bits per heavy atom. The van der Waals surface area contributed by atoms with Gasteiger partial charge in [0.1, 0.15) is 5.75 Å². The smallest absolute Gasteiger partial charge is 0.313 e. The second-order valence-electron chi connectivity index (χ2n) is 4.52. The van der Waals surface area contributed by atoms with Gasteiger partial charge in [0, 0.05) is 6.04 Å². The van der Waals surface area contributed by atoms with Crippen LogP contribution in [0.3, 0.4) is 0 Å². The summed E-state index contributed by atoms with van der Waals surface area (Å²) in [5.41, 5.74) is 5.98. The molecule has 0 aliphatic heterocycles. The number of phenolic OH excluding ortho intramolecular Hbond substituents is 1. The lowest BCUT2D eigenvalue weighted by molar-refractivity contribution is -0.152. The van der Waals surface area contributed by atoms with Crippen molar-refractivity contribution in [3.05, 3.63) is 26.6 Å². The van der Waals surface area contributed by atoms with Crippen molar-refractivity contribution in [2.24, 2.45) is 11.1 Å². The molecule has 3 N–H and O–H groups in total. The Morgan fingerprint density at radius 2 is 1.83 bits per heavy atom. The second kappa shape index (κ2) is 5.59. The first-order valence-corrected chi connectivity index (χ1v) is 6.82. The minimum Gasteiger partial charge on any atom is -0.506 e. The summed E-state index contributed by atoms with van der Waals surface area (Å²) in [6, 6.07) is 2.84. The molecule has 1 atom stereocenters. The lowest BCUT2D eigenvalue weighted by Gasteiger charge is -2.29. The van der Waals surface area contributed by atoms with Crippen molar-refractivity contribution in [3.8, 4) is 5.75 Å². The fourth-order valence-corrected chi connectivity index (χ4v) is 2.79. The zero-order chi connectivity index (χ0) is 14.1. The van der Waals surface area contributed by atoms with E-state index in [9.17, 15) is 9.90 Å². The molecule has 0 fully saturated rings. The fourth-order valence-electron chi connectivity index (χ4n) is 1.57. The van der Waals surface area contributed by atoms with E-state index in [-0.39, 0.29) is 11.7 Å². The maximum absolute atomic E-state index is 11.7. The molecule has 0 aliphatic rings. The van der Waals surface area contributed by atoms with E-state index in [4.69, 9.17) is 10.5 Å². The molecular weight excluding hydrogens is 366 g/mol. The molecule has 0 radical (unpaired) electrons. The van der Waals surface area contributed by atoms with Gasteiger partial charge >= 0.3 is 5.97 Å². The van der Waals surface area contributed by atoms with Gasteiger partial charge in [-0.1, -0.05) is 0 Å². The first-order chi connectivity index (χ1) is 8.21. The molecular formula is C12H15Br2NO3. The summed E-state index contributed by atoms with van der Waals surface area (Å²) in [5.74, 6) is -0.280. The maximum Gasteiger partial charge on any atom is 0.313 e. The van der Waals surface area contributed by atoms with Gasteiger partial charge in [-0.25, -0.2) is 0 Å². The van der Waals surface area contributed by atoms with Crippen molar-refractivity contribution in [1.29, 1.82) is 0 Å². The number of halogens is 2. The van der Waals surface area contributed by atoms with Gasteiger partial charge in [0.05, 0.1) is 21.5 Å². The van der Waals surface area contributed by atoms with Gasteiger partial charge < -0.3 is 15.6 Å². The number of esters is 1. The first kappa shape index (κ1) is 15.5. The topological polar surface area (TPSA) is 72.5 Å². The van der Waals surface area contributed by atoms with Crippen LogP contribution in [-0.2, 0) is 9.53 Å². The van der Waals surface area contributed by atoms with Gasteiger partial charge in [0.25, 0.3) is 0 Å². The van der Waals surface area contributed by atoms with Crippen LogP contribution in [-0.4, -0.2) is 18.2 Å². The van der Waals surface area contributed by atoms with Gasteiger partial charge in [-0.2, -0.15) is 0 Å². The van der Waals surface area contributed by atoms with E-state index in [1.54, 1.807) is 26.0 Å². The van der Waals surface area contributed by atoms with Crippen LogP contribution in [0, 0.1) is 5.41 Å². The van der Waals surface area contributed by atoms with E-state index < -0.39 is 11.5 Å². The van der Waals surface area contributed by atoms with Crippen LogP contribution < -0.4 is 5.73 Å². The number of ether oxygens (including phenoxy) is 1. The van der Waals surface area contributed by atoms with Crippen LogP contribution in [0.1, 0.15) is 25.5 Å². The molecule has 0 unspecified atom stereocenters. The Kier molecular flexibility index (Phi) is 4.80. The number of aromatic hydroxyl groups is 1. The van der Waals surface area contributed by atoms with Crippen LogP contribution >= 0.6 is 31.9 Å². The SMILES string of the molecule is COC(=O)C(C)(C)[C@H](N)c1cc(Br)c(O)c(Br)c1. The van der Waals surface area contributed by atoms with Crippen molar-refractivity contribution in [2.45, 2.75) is 19.9 Å². The number of hydrogen-bond donors (Lipinski definition) is 2. The average molecular weight is 381 g/mol. The van der Waals surface area contributed by atoms with Crippen molar-refractivity contribution in [1.82, 2.24) is 0 Å². The molecule has 0 aliphatic carbocycles. The Bertz CT molecular complexity index is 451. The van der Waals surface area contributed by atoms with Crippen LogP contribution in [0.4, 0.5) is 0 Å². The molecule has 0 amide bonds. The third-order valence-corrected chi connectivity index (χ3v) is 4.10. The zero-order valence-electron chi connectivity index (χ0n) is 10.3. The molecule has 1 aromatic carbocycles. The lowest BCUT2D eigenvalue weighted by atomic mass is 9.81. The van der Waals surface area contributed by atoms with Crippen LogP contribution in [0.2, 0.25) is 0 Å². The molecule has 1 rings (SSSR count). The molecule has 4 nitrogen and oxygen atoms in total. The zero-order valence-corrected chi connectivity index (χ0v) is 13.5. The van der Waals surface area contributed by atoms with E-state index >= 15 is 0 Å². The number of rotatable bonds is 3. The van der Waals surface area contributed by atoms with E-state index in [1.807, 2.05) is 0 Å². The number of carbonyl (C=O) groups excluding carboxylic acids is 1. The van der Waals surface area contributed by atoms with Gasteiger partial charge in [-0.05, 0) is 63.4 Å². The Hall–Kier alpha value is -0.590. The summed E-state index contributed by atoms with van der Waals surface area (Å²) in [6.45, 7) is 3.44. The summed E-state index contributed by atoms with van der Waals surface area (Å²) in [5, 5.41) is 9.64. The predicted octanol–water partition coefficient (Wildman–Crippen LogP) is 3.12. The van der Waals surface area contributed by atoms with Crippen molar-refractivity contribution in [2.75, 3.05) is 7.11 Å². The highest BCUT2D eigenvalue weighted by Crippen LogP contribution is 2.39. The fraction of sp³-hybridized carbons (Fsp3) is 0.417. The highest BCUT2D eigenvalue weighted by atomic mass is 79.9. The molecule has 0 saturated carbocycles. The van der Waals surface area contributed by atoms with E-state index in [1.165, 1.54) is 7.11 Å². The van der Waals surface area contributed by atoms with Crippen molar-refractivity contribution in [3.63, 3.8) is 0 Å². The quantitative estimate of drug-likeness (QED) is 0.790. The number of phenols is 1. The maximum atomic E-state index is 11.7. The lowest BCUT2D eigenvalue weighted by Crippen LogP contribution is -2.37. The molecule has 100 valence electrons. The van der Waals surface area contributed by atoms with Crippen molar-refractivity contribution >= 4 is 37.8 Å². The van der Waals surface area contributed by atoms with E-state index in [2.05, 4.69) is 31.9 Å². The Labute approximate surface area is 123 Å². The van der Waals surface area contributed by atoms with Gasteiger partial charge in [-0.15, -0.1) is 0 Å². The summed E-state index contributed by atoms with van der Waals surface area (Å²) in [7, 11) is 1.33. The molecule has 0 aromatic heterocycles. The summed E-state index contributed by atoms with van der Waals surface area (Å²) in [6.07, 6.45) is 0. The second-order valence-corrected chi connectivity index (χ2v) is 6.23. The number of methoxy groups -OCH3 is 1. The minimum absolute atomic E-state index is 0.0989. The highest BCUT2D eigenvalue weighted by molar-refractivity contribution is 9.11. The Morgan fingerprint density at radius 1 is 1.39 bits per heavy atom. The molecule has 0 saturated heterocycles. The molecule has 0 bridgehead atoms. The van der Waals surface area contributed by atoms with Crippen LogP contribution in [0.5, 0.6) is 5.75 Å². The number of hydrogen-bond acceptors (Lipinski definition) is 4. The van der Waals surface area contributed by atoms with Gasteiger partial charge in [0.15, 0.2) is 0 Å². The predicted molar refractivity (Wildman–Crippen MR) is 76.2 cm³/mol. The summed E-state index contributed by atoms with van der Waals surface area (Å²) in [4.78, 5) is 11.7. The molecule has 0 spiro atoms. The van der Waals surface area contributed by atoms with E-state index in [0.29, 0.717) is 8.95 Å². The first-order valence-electron chi connectivity index (χ1n) is 5.23. The highest BCUT2D eigenvalue weighted by Gasteiger charge is 2.37. The van der Waals surface area contributed by atoms with Crippen LogP contribution in [0.15, 0.2) is 21.1 Å². The molecule has 1 aromatic rings. The largest absolute Gasteiger partial charge is 0.506 e. The molecule has 18 heavy (non-hydrogen) atoms. The summed E-state index contributed by atoms with van der Waals surface area (Å²) >= 11 is 6.47. The number of carbonyl (C=O) groups is 1. The van der Waals surface area contributed by atoms with Crippen molar-refractivity contribution < 1.29 is 14.6 Å². The average Bonchev–Trinajstić information content (AvgIpc) is 2.33. The monoisotopic (exact) mass is 379 g/mol. The third-order valence-electron chi connectivity index (χ3n) is 2.89. The van der Waals surface area contributed by atoms with Crippen LogP contribution in [0.25, 0.3) is 0 Å². The van der Waals surface area contributed by atoms with Gasteiger partial charge in [-0.3, -0.25) is 4.79 Å². The third kappa shape index (κ3) is 2.87.